The SMILES string of the molecule is Cc1ccc(CN2CCC(C3(Cc4ccccc4)NC(=O)N(CCc4ccccn4)C3=O)CC2)cc1C. The highest BCUT2D eigenvalue weighted by Gasteiger charge is 2.55. The van der Waals surface area contributed by atoms with Crippen molar-refractivity contribution in [3.63, 3.8) is 0 Å². The van der Waals surface area contributed by atoms with Gasteiger partial charge in [0, 0.05) is 37.8 Å². The predicted molar refractivity (Wildman–Crippen MR) is 145 cm³/mol. The summed E-state index contributed by atoms with van der Waals surface area (Å²) in [7, 11) is 0. The molecule has 0 spiro atoms. The van der Waals surface area contributed by atoms with Crippen LogP contribution in [0, 0.1) is 19.8 Å². The van der Waals surface area contributed by atoms with E-state index in [1.54, 1.807) is 6.20 Å². The second-order valence-electron chi connectivity index (χ2n) is 10.6. The molecule has 1 aromatic heterocycles. The maximum Gasteiger partial charge on any atom is 0.325 e. The van der Waals surface area contributed by atoms with Crippen LogP contribution < -0.4 is 5.32 Å². The molecule has 0 saturated carbocycles. The number of piperidine rings is 1. The zero-order chi connectivity index (χ0) is 25.8. The molecule has 0 radical (unpaired) electrons. The average Bonchev–Trinajstić information content (AvgIpc) is 3.15. The van der Waals surface area contributed by atoms with Crippen molar-refractivity contribution in [3.8, 4) is 0 Å². The highest BCUT2D eigenvalue weighted by atomic mass is 16.2. The number of pyridine rings is 1. The molecule has 5 rings (SSSR count). The molecule has 1 atom stereocenters. The van der Waals surface area contributed by atoms with Gasteiger partial charge >= 0.3 is 6.03 Å². The molecule has 0 aliphatic carbocycles. The molecule has 1 unspecified atom stereocenters. The molecule has 6 heteroatoms. The van der Waals surface area contributed by atoms with Gasteiger partial charge in [-0.1, -0.05) is 54.6 Å². The van der Waals surface area contributed by atoms with Crippen LogP contribution in [0.15, 0.2) is 72.9 Å². The van der Waals surface area contributed by atoms with Crippen LogP contribution >= 0.6 is 0 Å². The molecule has 6 nitrogen and oxygen atoms in total. The van der Waals surface area contributed by atoms with Gasteiger partial charge in [-0.05, 0) is 80.1 Å². The molecule has 3 heterocycles. The number of hydrogen-bond donors (Lipinski definition) is 1. The third-order valence-electron chi connectivity index (χ3n) is 8.11. The number of carbonyl (C=O) groups excluding carboxylic acids is 2. The Hall–Kier alpha value is -3.51. The number of urea groups is 1. The highest BCUT2D eigenvalue weighted by Crippen LogP contribution is 2.37. The number of imide groups is 1. The van der Waals surface area contributed by atoms with Crippen molar-refractivity contribution >= 4 is 11.9 Å². The van der Waals surface area contributed by atoms with E-state index in [1.165, 1.54) is 21.6 Å². The number of nitrogens with one attached hydrogen (secondary N) is 1. The van der Waals surface area contributed by atoms with Crippen LogP contribution in [-0.4, -0.2) is 51.9 Å². The molecule has 2 aliphatic rings. The molecule has 2 fully saturated rings. The quantitative estimate of drug-likeness (QED) is 0.460. The summed E-state index contributed by atoms with van der Waals surface area (Å²) in [6, 6.07) is 22.2. The topological polar surface area (TPSA) is 65.5 Å². The predicted octanol–water partition coefficient (Wildman–Crippen LogP) is 4.69. The summed E-state index contributed by atoms with van der Waals surface area (Å²) in [5, 5.41) is 3.20. The summed E-state index contributed by atoms with van der Waals surface area (Å²) >= 11 is 0. The Morgan fingerprint density at radius 3 is 2.38 bits per heavy atom. The Morgan fingerprint density at radius 2 is 1.68 bits per heavy atom. The standard InChI is InChI=1S/C31H36N4O2/c1-23-11-12-26(20-24(23)2)22-34-17-13-27(14-18-34)31(21-25-8-4-3-5-9-25)29(36)35(30(37)33-31)19-15-28-10-6-7-16-32-28/h3-12,16,20,27H,13-15,17-19,21-22H2,1-2H3,(H,33,37). The minimum Gasteiger partial charge on any atom is -0.322 e. The van der Waals surface area contributed by atoms with Gasteiger partial charge in [0.1, 0.15) is 5.54 Å². The molecule has 3 aromatic rings. The molecule has 2 aliphatic heterocycles. The van der Waals surface area contributed by atoms with E-state index in [9.17, 15) is 9.59 Å². The third-order valence-corrected chi connectivity index (χ3v) is 8.11. The van der Waals surface area contributed by atoms with E-state index in [1.807, 2.05) is 48.5 Å². The Morgan fingerprint density at radius 1 is 0.919 bits per heavy atom. The van der Waals surface area contributed by atoms with Gasteiger partial charge in [-0.3, -0.25) is 19.6 Å². The van der Waals surface area contributed by atoms with Gasteiger partial charge in [0.05, 0.1) is 0 Å². The largest absolute Gasteiger partial charge is 0.325 e. The summed E-state index contributed by atoms with van der Waals surface area (Å²) in [4.78, 5) is 35.4. The second kappa shape index (κ2) is 10.9. The number of aromatic nitrogens is 1. The lowest BCUT2D eigenvalue weighted by molar-refractivity contribution is -0.134. The first-order valence-electron chi connectivity index (χ1n) is 13.3. The number of amides is 3. The van der Waals surface area contributed by atoms with Crippen LogP contribution in [0.4, 0.5) is 4.79 Å². The van der Waals surface area contributed by atoms with Crippen molar-refractivity contribution in [2.24, 2.45) is 5.92 Å². The smallest absolute Gasteiger partial charge is 0.322 e. The molecule has 2 saturated heterocycles. The Bertz CT molecular complexity index is 1240. The van der Waals surface area contributed by atoms with E-state index in [4.69, 9.17) is 0 Å². The lowest BCUT2D eigenvalue weighted by atomic mass is 9.74. The van der Waals surface area contributed by atoms with Gasteiger partial charge in [0.2, 0.25) is 0 Å². The second-order valence-corrected chi connectivity index (χ2v) is 10.6. The first kappa shape index (κ1) is 25.2. The zero-order valence-corrected chi connectivity index (χ0v) is 21.8. The molecular weight excluding hydrogens is 460 g/mol. The van der Waals surface area contributed by atoms with Crippen LogP contribution in [0.3, 0.4) is 0 Å². The summed E-state index contributed by atoms with van der Waals surface area (Å²) in [5.74, 6) is -0.00935. The molecular formula is C31H36N4O2. The zero-order valence-electron chi connectivity index (χ0n) is 21.8. The minimum absolute atomic E-state index is 0.0833. The Kier molecular flexibility index (Phi) is 7.38. The fourth-order valence-electron chi connectivity index (χ4n) is 5.82. The average molecular weight is 497 g/mol. The lowest BCUT2D eigenvalue weighted by Crippen LogP contribution is -2.57. The van der Waals surface area contributed by atoms with Gasteiger partial charge in [-0.25, -0.2) is 4.79 Å². The van der Waals surface area contributed by atoms with Crippen molar-refractivity contribution in [1.29, 1.82) is 0 Å². The van der Waals surface area contributed by atoms with Gasteiger partial charge in [0.15, 0.2) is 0 Å². The molecule has 2 aromatic carbocycles. The van der Waals surface area contributed by atoms with Crippen LogP contribution in [0.5, 0.6) is 0 Å². The van der Waals surface area contributed by atoms with E-state index in [2.05, 4.69) is 47.2 Å². The van der Waals surface area contributed by atoms with E-state index < -0.39 is 5.54 Å². The number of rotatable bonds is 8. The van der Waals surface area contributed by atoms with Crippen molar-refractivity contribution in [2.45, 2.75) is 51.6 Å². The van der Waals surface area contributed by atoms with Crippen LogP contribution in [-0.2, 0) is 24.2 Å². The van der Waals surface area contributed by atoms with Crippen molar-refractivity contribution < 1.29 is 9.59 Å². The fourth-order valence-corrected chi connectivity index (χ4v) is 5.82. The van der Waals surface area contributed by atoms with Crippen LogP contribution in [0.2, 0.25) is 0 Å². The minimum atomic E-state index is -0.908. The van der Waals surface area contributed by atoms with E-state index in [0.29, 0.717) is 19.4 Å². The molecule has 1 N–H and O–H groups in total. The monoisotopic (exact) mass is 496 g/mol. The molecule has 0 bridgehead atoms. The first-order chi connectivity index (χ1) is 17.9. The maximum atomic E-state index is 14.0. The Labute approximate surface area is 219 Å². The number of hydrogen-bond acceptors (Lipinski definition) is 4. The van der Waals surface area contributed by atoms with E-state index in [-0.39, 0.29) is 17.9 Å². The van der Waals surface area contributed by atoms with Gasteiger partial charge < -0.3 is 5.32 Å². The number of benzene rings is 2. The fraction of sp³-hybridized carbons (Fsp3) is 0.387. The molecule has 37 heavy (non-hydrogen) atoms. The molecule has 3 amide bonds. The Balaban J connectivity index is 1.32. The maximum absolute atomic E-state index is 14.0. The van der Waals surface area contributed by atoms with Crippen LogP contribution in [0.1, 0.15) is 40.8 Å². The van der Waals surface area contributed by atoms with Gasteiger partial charge in [-0.15, -0.1) is 0 Å². The summed E-state index contributed by atoms with van der Waals surface area (Å²) in [6.45, 7) is 7.37. The first-order valence-corrected chi connectivity index (χ1v) is 13.3. The summed E-state index contributed by atoms with van der Waals surface area (Å²) < 4.78 is 0. The lowest BCUT2D eigenvalue weighted by Gasteiger charge is -2.41. The van der Waals surface area contributed by atoms with Gasteiger partial charge in [-0.2, -0.15) is 0 Å². The van der Waals surface area contributed by atoms with Crippen molar-refractivity contribution in [1.82, 2.24) is 20.1 Å². The van der Waals surface area contributed by atoms with E-state index in [0.717, 1.165) is 43.7 Å². The van der Waals surface area contributed by atoms with Crippen molar-refractivity contribution in [2.75, 3.05) is 19.6 Å². The van der Waals surface area contributed by atoms with Gasteiger partial charge in [0.25, 0.3) is 5.91 Å². The van der Waals surface area contributed by atoms with Crippen LogP contribution in [0.25, 0.3) is 0 Å². The normalized spacial score (nSPS) is 20.9. The van der Waals surface area contributed by atoms with Crippen molar-refractivity contribution in [3.05, 3.63) is 101 Å². The third kappa shape index (κ3) is 5.44. The number of nitrogens with zero attached hydrogens (tertiary/aromatic N) is 3. The number of carbonyl (C=O) groups is 2. The number of likely N-dealkylation sites (tertiary alicyclic amines) is 1. The van der Waals surface area contributed by atoms with E-state index >= 15 is 0 Å². The highest BCUT2D eigenvalue weighted by molar-refractivity contribution is 6.07. The molecule has 192 valence electrons. The summed E-state index contributed by atoms with van der Waals surface area (Å²) in [5.41, 5.74) is 5.00. The summed E-state index contributed by atoms with van der Waals surface area (Å²) in [6.07, 6.45) is 4.55. The number of aryl methyl sites for hydroxylation is 2.